The molecule has 2 aromatic rings. The number of carbonyl (C=O) groups is 2. The molecule has 1 saturated heterocycles. The Morgan fingerprint density at radius 3 is 2.42 bits per heavy atom. The van der Waals surface area contributed by atoms with Crippen LogP contribution in [-0.2, 0) is 16.5 Å². The fraction of sp³-hybridized carbons (Fsp3) is 0.564. The molecule has 0 spiro atoms. The monoisotopic (exact) mass is 710 g/mol. The van der Waals surface area contributed by atoms with E-state index in [1.54, 1.807) is 12.5 Å². The van der Waals surface area contributed by atoms with Gasteiger partial charge in [0.05, 0.1) is 24.3 Å². The number of aryl methyl sites for hydroxylation is 1. The van der Waals surface area contributed by atoms with Gasteiger partial charge in [-0.1, -0.05) is 70.0 Å². The van der Waals surface area contributed by atoms with Crippen molar-refractivity contribution in [1.82, 2.24) is 24.7 Å². The van der Waals surface area contributed by atoms with Gasteiger partial charge in [0, 0.05) is 44.3 Å². The van der Waals surface area contributed by atoms with Crippen molar-refractivity contribution in [2.75, 3.05) is 26.2 Å². The number of hydrogen-bond donors (Lipinski definition) is 2. The molecule has 1 aliphatic heterocycles. The van der Waals surface area contributed by atoms with Crippen molar-refractivity contribution in [2.24, 2.45) is 12.8 Å². The Kier molecular flexibility index (Phi) is 16.4. The van der Waals surface area contributed by atoms with E-state index >= 15 is 0 Å². The van der Waals surface area contributed by atoms with Crippen molar-refractivity contribution in [2.45, 2.75) is 110 Å². The summed E-state index contributed by atoms with van der Waals surface area (Å²) in [7, 11) is 1.91. The number of carbonyl (C=O) groups excluding carboxylic acids is 2. The molecular weight excluding hydrogens is 652 g/mol. The smallest absolute Gasteiger partial charge is 0.410 e. The Morgan fingerprint density at radius 2 is 1.86 bits per heavy atom. The third kappa shape index (κ3) is 10.9. The Bertz CT molecular complexity index is 1460. The zero-order valence-electron chi connectivity index (χ0n) is 31.2. The Hall–Kier alpha value is -3.76. The molecule has 1 saturated carbocycles. The van der Waals surface area contributed by atoms with Gasteiger partial charge in [-0.2, -0.15) is 0 Å². The van der Waals surface area contributed by atoms with Crippen LogP contribution in [0.4, 0.5) is 9.59 Å². The Labute approximate surface area is 304 Å². The highest BCUT2D eigenvalue weighted by atomic mass is 35.5. The van der Waals surface area contributed by atoms with Crippen LogP contribution in [0.1, 0.15) is 115 Å². The summed E-state index contributed by atoms with van der Waals surface area (Å²) in [6, 6.07) is 5.36. The van der Waals surface area contributed by atoms with Gasteiger partial charge in [0.25, 0.3) is 0 Å². The van der Waals surface area contributed by atoms with Gasteiger partial charge in [-0.3, -0.25) is 4.90 Å². The number of ether oxygens (including phenoxy) is 2. The number of imidazole rings is 1. The fourth-order valence-corrected chi connectivity index (χ4v) is 6.75. The summed E-state index contributed by atoms with van der Waals surface area (Å²) in [5.41, 5.74) is 8.85. The third-order valence-corrected chi connectivity index (χ3v) is 9.77. The van der Waals surface area contributed by atoms with Gasteiger partial charge >= 0.3 is 12.2 Å². The lowest BCUT2D eigenvalue weighted by atomic mass is 9.82. The summed E-state index contributed by atoms with van der Waals surface area (Å²) in [4.78, 5) is 35.0. The van der Waals surface area contributed by atoms with E-state index in [1.807, 2.05) is 74.6 Å². The first-order chi connectivity index (χ1) is 24.1. The molecule has 2 aliphatic rings. The van der Waals surface area contributed by atoms with E-state index in [0.29, 0.717) is 37.6 Å². The molecule has 3 unspecified atom stereocenters. The molecule has 0 bridgehead atoms. The maximum absolute atomic E-state index is 13.4. The molecule has 2 amide bonds. The third-order valence-electron chi connectivity index (χ3n) is 9.53. The quantitative estimate of drug-likeness (QED) is 0.189. The van der Waals surface area contributed by atoms with E-state index in [-0.39, 0.29) is 18.2 Å². The summed E-state index contributed by atoms with van der Waals surface area (Å²) in [6.45, 7) is 14.6. The molecule has 50 heavy (non-hydrogen) atoms. The van der Waals surface area contributed by atoms with E-state index in [2.05, 4.69) is 41.2 Å². The molecular formula is C39H59ClN6O4. The first-order valence-corrected chi connectivity index (χ1v) is 18.7. The Balaban J connectivity index is 0.00000332. The molecule has 4 rings (SSSR count). The number of aromatic nitrogens is 2. The summed E-state index contributed by atoms with van der Waals surface area (Å²) in [5, 5.41) is 3.75. The summed E-state index contributed by atoms with van der Waals surface area (Å²) >= 11 is 6.70. The van der Waals surface area contributed by atoms with Gasteiger partial charge in [0.1, 0.15) is 11.7 Å². The summed E-state index contributed by atoms with van der Waals surface area (Å²) < 4.78 is 13.7. The molecule has 3 atom stereocenters. The largest absolute Gasteiger partial charge is 0.446 e. The first-order valence-electron chi connectivity index (χ1n) is 18.3. The number of alkyl carbamates (subject to hydrolysis) is 1. The van der Waals surface area contributed by atoms with Crippen molar-refractivity contribution in [1.29, 1.82) is 0 Å². The number of amides is 2. The van der Waals surface area contributed by atoms with E-state index in [0.717, 1.165) is 60.9 Å². The number of nitrogens with zero attached hydrogens (tertiary/aromatic N) is 4. The van der Waals surface area contributed by atoms with Crippen molar-refractivity contribution >= 4 is 29.4 Å². The minimum atomic E-state index is -0.548. The van der Waals surface area contributed by atoms with Crippen LogP contribution < -0.4 is 11.1 Å². The highest BCUT2D eigenvalue weighted by Crippen LogP contribution is 2.40. The van der Waals surface area contributed by atoms with E-state index in [1.165, 1.54) is 6.20 Å². The number of nitrogens with two attached hydrogens (primary N) is 1. The van der Waals surface area contributed by atoms with Gasteiger partial charge < -0.3 is 30.0 Å². The first kappa shape index (κ1) is 40.7. The average molecular weight is 711 g/mol. The predicted octanol–water partition coefficient (Wildman–Crippen LogP) is 8.71. The van der Waals surface area contributed by atoms with Gasteiger partial charge in [0.2, 0.25) is 0 Å². The van der Waals surface area contributed by atoms with Crippen LogP contribution >= 0.6 is 11.6 Å². The fourth-order valence-electron chi connectivity index (χ4n) is 6.58. The summed E-state index contributed by atoms with van der Waals surface area (Å²) in [5.74, 6) is 0. The molecule has 1 aromatic heterocycles. The zero-order chi connectivity index (χ0) is 36.7. The zero-order valence-corrected chi connectivity index (χ0v) is 31.9. The molecule has 2 heterocycles. The molecule has 3 N–H and O–H groups in total. The number of piperazine rings is 1. The van der Waals surface area contributed by atoms with Crippen molar-refractivity contribution in [3.63, 3.8) is 0 Å². The molecule has 276 valence electrons. The second-order valence-corrected chi connectivity index (χ2v) is 13.4. The number of allylic oxidation sites excluding steroid dienone is 3. The minimum Gasteiger partial charge on any atom is -0.446 e. The van der Waals surface area contributed by atoms with Gasteiger partial charge in [-0.25, -0.2) is 14.6 Å². The number of hydrogen-bond acceptors (Lipinski definition) is 7. The van der Waals surface area contributed by atoms with Crippen molar-refractivity contribution < 1.29 is 19.1 Å². The maximum Gasteiger partial charge on any atom is 0.410 e. The van der Waals surface area contributed by atoms with E-state index in [4.69, 9.17) is 26.8 Å². The second kappa shape index (κ2) is 20.2. The molecule has 1 aromatic carbocycles. The molecule has 0 radical (unpaired) electrons. The highest BCUT2D eigenvalue weighted by Gasteiger charge is 2.37. The van der Waals surface area contributed by atoms with Crippen LogP contribution in [0.15, 0.2) is 61.2 Å². The van der Waals surface area contributed by atoms with Gasteiger partial charge in [0.15, 0.2) is 0 Å². The van der Waals surface area contributed by atoms with Crippen LogP contribution in [0, 0.1) is 0 Å². The predicted molar refractivity (Wildman–Crippen MR) is 203 cm³/mol. The van der Waals surface area contributed by atoms with Crippen LogP contribution in [0.3, 0.4) is 0 Å². The minimum absolute atomic E-state index is 0.0516. The molecule has 11 heteroatoms. The average Bonchev–Trinajstić information content (AvgIpc) is 3.54. The number of nitrogens with one attached hydrogen (secondary N) is 1. The number of rotatable bonds is 14. The van der Waals surface area contributed by atoms with Crippen molar-refractivity contribution in [3.05, 3.63) is 83.1 Å². The van der Waals surface area contributed by atoms with Crippen molar-refractivity contribution in [3.8, 4) is 0 Å². The molecule has 10 nitrogen and oxygen atoms in total. The Morgan fingerprint density at radius 1 is 1.14 bits per heavy atom. The summed E-state index contributed by atoms with van der Waals surface area (Å²) in [6.07, 6.45) is 18.2. The van der Waals surface area contributed by atoms with Crippen LogP contribution in [0.5, 0.6) is 0 Å². The second-order valence-electron chi connectivity index (χ2n) is 13.0. The lowest BCUT2D eigenvalue weighted by Crippen LogP contribution is -2.50. The topological polar surface area (TPSA) is 115 Å². The maximum atomic E-state index is 13.4. The van der Waals surface area contributed by atoms with E-state index in [9.17, 15) is 9.59 Å². The van der Waals surface area contributed by atoms with E-state index < -0.39 is 17.7 Å². The normalized spacial score (nSPS) is 18.2. The molecule has 2 fully saturated rings. The molecule has 1 aliphatic carbocycles. The SMILES string of the molecule is C/C=C(\c1cc(Cl)ccc1C(C/C=C\C=C/N)N1CCN(C(=O)OC(CC)CCC)CC1)C(NC(=O)OC1(C)CCC1)c1cncn1C.CC. The lowest BCUT2D eigenvalue weighted by molar-refractivity contribution is -0.0328. The van der Waals surface area contributed by atoms with Crippen LogP contribution in [0.25, 0.3) is 5.57 Å². The lowest BCUT2D eigenvalue weighted by Gasteiger charge is -2.40. The number of benzene rings is 1. The highest BCUT2D eigenvalue weighted by molar-refractivity contribution is 6.30. The number of halogens is 1. The van der Waals surface area contributed by atoms with Gasteiger partial charge in [-0.05, 0) is 93.5 Å². The van der Waals surface area contributed by atoms with Crippen LogP contribution in [0.2, 0.25) is 5.02 Å². The standard InChI is InChI=1S/C37H53ClN6O4.C2H6/c1-6-13-28(7-2)47-36(46)44-22-20-43(21-23-44)32(14-10-9-11-19-39)30-16-15-27(38)24-31(30)29(8-3)34(33-25-40-26-42(33)5)41-35(45)48-37(4)17-12-18-37;1-2/h8-11,15-16,19,24-26,28,32,34H,6-7,12-14,17-18,20-23,39H2,1-5H3,(H,41,45);1-2H3/b10-9-,19-11-,29-8+;. The van der Waals surface area contributed by atoms with Crippen LogP contribution in [-0.4, -0.2) is 69.4 Å². The van der Waals surface area contributed by atoms with Gasteiger partial charge in [-0.15, -0.1) is 0 Å².